The maximum atomic E-state index is 12.3. The molecule has 1 aliphatic heterocycles. The summed E-state index contributed by atoms with van der Waals surface area (Å²) in [6.07, 6.45) is -0.213. The molecular weight excluding hydrogens is 394 g/mol. The molecule has 30 heavy (non-hydrogen) atoms. The number of ketones is 1. The summed E-state index contributed by atoms with van der Waals surface area (Å²) >= 11 is 0. The van der Waals surface area contributed by atoms with Crippen LogP contribution in [-0.4, -0.2) is 46.7 Å². The van der Waals surface area contributed by atoms with Gasteiger partial charge in [-0.25, -0.2) is 0 Å². The van der Waals surface area contributed by atoms with Crippen molar-refractivity contribution < 1.29 is 28.8 Å². The summed E-state index contributed by atoms with van der Waals surface area (Å²) < 4.78 is 5.01. The number of nitrogens with zero attached hydrogens (tertiary/aromatic N) is 2. The third-order valence-corrected chi connectivity index (χ3v) is 4.48. The number of nitrogens with one attached hydrogen (secondary N) is 1. The molecule has 0 spiro atoms. The van der Waals surface area contributed by atoms with Gasteiger partial charge in [0.15, 0.2) is 12.4 Å². The van der Waals surface area contributed by atoms with Gasteiger partial charge in [0.2, 0.25) is 5.91 Å². The standard InChI is InChI=1S/C20H17N3O7/c24-17(13-6-2-1-3-7-13)12-30-20(27)14-10-18(25)22(11-14)21-19(26)15-8-4-5-9-16(15)23(28)29/h1-9,14H,10-12H2,(H,21,26)/t14-/m1/s1. The number of benzene rings is 2. The van der Waals surface area contributed by atoms with Crippen LogP contribution in [-0.2, 0) is 14.3 Å². The zero-order valence-corrected chi connectivity index (χ0v) is 15.6. The van der Waals surface area contributed by atoms with Crippen molar-refractivity contribution in [3.05, 3.63) is 75.8 Å². The van der Waals surface area contributed by atoms with Crippen LogP contribution in [0.1, 0.15) is 27.1 Å². The number of hydrogen-bond acceptors (Lipinski definition) is 7. The fourth-order valence-electron chi connectivity index (χ4n) is 2.94. The second-order valence-corrected chi connectivity index (χ2v) is 6.52. The van der Waals surface area contributed by atoms with Crippen molar-refractivity contribution in [2.24, 2.45) is 5.92 Å². The minimum atomic E-state index is -0.868. The summed E-state index contributed by atoms with van der Waals surface area (Å²) in [6.45, 7) is -0.625. The highest BCUT2D eigenvalue weighted by molar-refractivity contribution is 6.00. The van der Waals surface area contributed by atoms with Crippen LogP contribution in [0.15, 0.2) is 54.6 Å². The first-order valence-electron chi connectivity index (χ1n) is 8.96. The van der Waals surface area contributed by atoms with Gasteiger partial charge < -0.3 is 4.74 Å². The van der Waals surface area contributed by atoms with Crippen molar-refractivity contribution in [3.63, 3.8) is 0 Å². The van der Waals surface area contributed by atoms with Crippen LogP contribution >= 0.6 is 0 Å². The highest BCUT2D eigenvalue weighted by atomic mass is 16.6. The first kappa shape index (κ1) is 20.6. The van der Waals surface area contributed by atoms with Gasteiger partial charge in [0, 0.05) is 18.1 Å². The lowest BCUT2D eigenvalue weighted by atomic mass is 10.1. The summed E-state index contributed by atoms with van der Waals surface area (Å²) in [5, 5.41) is 12.0. The van der Waals surface area contributed by atoms with Gasteiger partial charge in [0.05, 0.1) is 17.4 Å². The Morgan fingerprint density at radius 3 is 2.47 bits per heavy atom. The number of carbonyl (C=O) groups excluding carboxylic acids is 4. The molecule has 0 unspecified atom stereocenters. The van der Waals surface area contributed by atoms with Crippen molar-refractivity contribution in [2.45, 2.75) is 6.42 Å². The average Bonchev–Trinajstić information content (AvgIpc) is 3.12. The molecule has 0 radical (unpaired) electrons. The molecule has 10 heteroatoms. The quantitative estimate of drug-likeness (QED) is 0.316. The van der Waals surface area contributed by atoms with E-state index in [1.165, 1.54) is 24.3 Å². The third kappa shape index (κ3) is 4.66. The van der Waals surface area contributed by atoms with Gasteiger partial charge >= 0.3 is 5.97 Å². The third-order valence-electron chi connectivity index (χ3n) is 4.48. The van der Waals surface area contributed by atoms with Crippen molar-refractivity contribution in [2.75, 3.05) is 13.2 Å². The lowest BCUT2D eigenvalue weighted by Crippen LogP contribution is -2.43. The van der Waals surface area contributed by atoms with Crippen molar-refractivity contribution in [1.82, 2.24) is 10.4 Å². The Morgan fingerprint density at radius 2 is 1.77 bits per heavy atom. The van der Waals surface area contributed by atoms with Gasteiger partial charge in [-0.2, -0.15) is 0 Å². The van der Waals surface area contributed by atoms with Gasteiger partial charge in [-0.3, -0.25) is 39.7 Å². The van der Waals surface area contributed by atoms with E-state index in [1.807, 2.05) is 0 Å². The van der Waals surface area contributed by atoms with E-state index in [1.54, 1.807) is 30.3 Å². The fraction of sp³-hybridized carbons (Fsp3) is 0.200. The molecule has 0 aromatic heterocycles. The summed E-state index contributed by atoms with van der Waals surface area (Å²) in [5.41, 5.74) is 2.06. The maximum absolute atomic E-state index is 12.3. The second-order valence-electron chi connectivity index (χ2n) is 6.52. The summed E-state index contributed by atoms with van der Waals surface area (Å²) in [4.78, 5) is 59.1. The topological polar surface area (TPSA) is 136 Å². The minimum absolute atomic E-state index is 0.163. The van der Waals surface area contributed by atoms with Gasteiger partial charge in [0.25, 0.3) is 11.6 Å². The van der Waals surface area contributed by atoms with Crippen LogP contribution in [0.3, 0.4) is 0 Å². The molecule has 10 nitrogen and oxygen atoms in total. The molecule has 1 atom stereocenters. The molecule has 1 heterocycles. The smallest absolute Gasteiger partial charge is 0.311 e. The van der Waals surface area contributed by atoms with E-state index in [-0.39, 0.29) is 24.3 Å². The van der Waals surface area contributed by atoms with Crippen molar-refractivity contribution in [3.8, 4) is 0 Å². The molecular formula is C20H17N3O7. The highest BCUT2D eigenvalue weighted by Gasteiger charge is 2.37. The Balaban J connectivity index is 1.57. The number of carbonyl (C=O) groups is 4. The molecule has 1 aliphatic rings. The van der Waals surface area contributed by atoms with Crippen LogP contribution in [0.4, 0.5) is 5.69 Å². The molecule has 2 aromatic rings. The summed E-state index contributed by atoms with van der Waals surface area (Å²) in [5.74, 6) is -3.38. The number of hydrazine groups is 1. The SMILES string of the molecule is O=C(COC(=O)[C@@H]1CC(=O)N(NC(=O)c2ccccc2[N+](=O)[O-])C1)c1ccccc1. The molecule has 1 saturated heterocycles. The predicted octanol–water partition coefficient (Wildman–Crippen LogP) is 1.51. The van der Waals surface area contributed by atoms with E-state index in [0.29, 0.717) is 5.56 Å². The Hall–Kier alpha value is -4.08. The molecule has 2 aromatic carbocycles. The minimum Gasteiger partial charge on any atom is -0.457 e. The van der Waals surface area contributed by atoms with E-state index < -0.39 is 40.9 Å². The van der Waals surface area contributed by atoms with Crippen LogP contribution in [0.2, 0.25) is 0 Å². The van der Waals surface area contributed by atoms with E-state index in [2.05, 4.69) is 5.43 Å². The second kappa shape index (κ2) is 8.95. The summed E-state index contributed by atoms with van der Waals surface area (Å²) in [7, 11) is 0. The number of Topliss-reactive ketones (excluding diaryl/α,β-unsaturated/α-hetero) is 1. The fourth-order valence-corrected chi connectivity index (χ4v) is 2.94. The van der Waals surface area contributed by atoms with Crippen molar-refractivity contribution >= 4 is 29.3 Å². The Kier molecular flexibility index (Phi) is 6.16. The molecule has 154 valence electrons. The Bertz CT molecular complexity index is 1010. The lowest BCUT2D eigenvalue weighted by molar-refractivity contribution is -0.385. The van der Waals surface area contributed by atoms with Crippen LogP contribution in [0.25, 0.3) is 0 Å². The Labute approximate surface area is 170 Å². The zero-order valence-electron chi connectivity index (χ0n) is 15.6. The highest BCUT2D eigenvalue weighted by Crippen LogP contribution is 2.20. The number of hydrogen-bond donors (Lipinski definition) is 1. The van der Waals surface area contributed by atoms with E-state index in [9.17, 15) is 29.3 Å². The zero-order chi connectivity index (χ0) is 21.7. The predicted molar refractivity (Wildman–Crippen MR) is 102 cm³/mol. The van der Waals surface area contributed by atoms with E-state index in [4.69, 9.17) is 4.74 Å². The largest absolute Gasteiger partial charge is 0.457 e. The molecule has 0 saturated carbocycles. The normalized spacial score (nSPS) is 15.5. The van der Waals surface area contributed by atoms with E-state index in [0.717, 1.165) is 5.01 Å². The van der Waals surface area contributed by atoms with Gasteiger partial charge in [-0.05, 0) is 6.07 Å². The number of esters is 1. The van der Waals surface area contributed by atoms with Crippen LogP contribution < -0.4 is 5.43 Å². The number of rotatable bonds is 7. The molecule has 2 amide bonds. The summed E-state index contributed by atoms with van der Waals surface area (Å²) in [6, 6.07) is 13.6. The van der Waals surface area contributed by atoms with Gasteiger partial charge in [-0.1, -0.05) is 42.5 Å². The number of ether oxygens (including phenoxy) is 1. The van der Waals surface area contributed by atoms with Gasteiger partial charge in [-0.15, -0.1) is 0 Å². The number of nitro groups is 1. The number of para-hydroxylation sites is 1. The molecule has 0 bridgehead atoms. The first-order valence-corrected chi connectivity index (χ1v) is 8.96. The first-order chi connectivity index (χ1) is 14.4. The average molecular weight is 411 g/mol. The monoisotopic (exact) mass is 411 g/mol. The molecule has 1 N–H and O–H groups in total. The van der Waals surface area contributed by atoms with Crippen LogP contribution in [0, 0.1) is 16.0 Å². The lowest BCUT2D eigenvalue weighted by Gasteiger charge is -2.17. The van der Waals surface area contributed by atoms with Crippen LogP contribution in [0.5, 0.6) is 0 Å². The van der Waals surface area contributed by atoms with E-state index >= 15 is 0 Å². The molecule has 0 aliphatic carbocycles. The van der Waals surface area contributed by atoms with Gasteiger partial charge in [0.1, 0.15) is 5.56 Å². The number of amides is 2. The number of nitro benzene ring substituents is 1. The maximum Gasteiger partial charge on any atom is 0.311 e. The molecule has 1 fully saturated rings. The molecule has 3 rings (SSSR count). The van der Waals surface area contributed by atoms with Crippen molar-refractivity contribution in [1.29, 1.82) is 0 Å². The Morgan fingerprint density at radius 1 is 1.10 bits per heavy atom.